The molecule has 0 spiro atoms. The molecular weight excluding hydrogens is 310 g/mol. The molecule has 0 saturated carbocycles. The van der Waals surface area contributed by atoms with Crippen molar-refractivity contribution in [3.8, 4) is 0 Å². The summed E-state index contributed by atoms with van der Waals surface area (Å²) in [4.78, 5) is 19.2. The summed E-state index contributed by atoms with van der Waals surface area (Å²) < 4.78 is 0. The van der Waals surface area contributed by atoms with Crippen molar-refractivity contribution in [3.63, 3.8) is 0 Å². The number of rotatable bonds is 3. The molecule has 3 aromatic rings. The minimum atomic E-state index is -0.100. The average Bonchev–Trinajstić information content (AvgIpc) is 2.69. The molecule has 0 unspecified atom stereocenters. The summed E-state index contributed by atoms with van der Waals surface area (Å²) >= 11 is 0. The van der Waals surface area contributed by atoms with Crippen molar-refractivity contribution in [2.75, 3.05) is 23.3 Å². The van der Waals surface area contributed by atoms with E-state index < -0.39 is 0 Å². The Labute approximate surface area is 147 Å². The highest BCUT2D eigenvalue weighted by molar-refractivity contribution is 6.11. The highest BCUT2D eigenvalue weighted by atomic mass is 16.1. The third-order valence-electron chi connectivity index (χ3n) is 4.78. The molecule has 0 bridgehead atoms. The number of amides is 1. The molecule has 4 nitrogen and oxygen atoms in total. The van der Waals surface area contributed by atoms with Gasteiger partial charge in [-0.2, -0.15) is 0 Å². The van der Waals surface area contributed by atoms with Gasteiger partial charge < -0.3 is 10.2 Å². The Morgan fingerprint density at radius 3 is 2.52 bits per heavy atom. The first kappa shape index (κ1) is 15.6. The number of carbonyl (C=O) groups excluding carboxylic acids is 1. The number of benzene rings is 2. The fourth-order valence-corrected chi connectivity index (χ4v) is 3.48. The van der Waals surface area contributed by atoms with E-state index in [1.807, 2.05) is 54.9 Å². The first-order valence-electron chi connectivity index (χ1n) is 8.81. The lowest BCUT2D eigenvalue weighted by molar-refractivity contribution is 0.102. The van der Waals surface area contributed by atoms with Crippen molar-refractivity contribution < 1.29 is 4.79 Å². The molecule has 1 fully saturated rings. The Bertz CT molecular complexity index is 886. The van der Waals surface area contributed by atoms with Crippen LogP contribution in [0.2, 0.25) is 0 Å². The second-order valence-electron chi connectivity index (χ2n) is 6.42. The average molecular weight is 331 g/mol. The van der Waals surface area contributed by atoms with Gasteiger partial charge in [-0.15, -0.1) is 0 Å². The second kappa shape index (κ2) is 6.93. The Hall–Kier alpha value is -2.88. The van der Waals surface area contributed by atoms with Gasteiger partial charge in [-0.3, -0.25) is 9.78 Å². The van der Waals surface area contributed by atoms with Gasteiger partial charge in [0.05, 0.1) is 5.69 Å². The van der Waals surface area contributed by atoms with E-state index in [4.69, 9.17) is 0 Å². The Morgan fingerprint density at radius 2 is 1.72 bits per heavy atom. The summed E-state index contributed by atoms with van der Waals surface area (Å²) in [6.45, 7) is 2.18. The smallest absolute Gasteiger partial charge is 0.255 e. The van der Waals surface area contributed by atoms with E-state index in [0.29, 0.717) is 5.56 Å². The molecule has 2 aromatic carbocycles. The molecule has 1 aliphatic rings. The molecule has 0 atom stereocenters. The Morgan fingerprint density at radius 1 is 0.920 bits per heavy atom. The van der Waals surface area contributed by atoms with E-state index in [2.05, 4.69) is 21.3 Å². The maximum Gasteiger partial charge on any atom is 0.255 e. The van der Waals surface area contributed by atoms with Gasteiger partial charge in [0.2, 0.25) is 0 Å². The van der Waals surface area contributed by atoms with Crippen LogP contribution in [0.15, 0.2) is 60.9 Å². The molecule has 0 radical (unpaired) electrons. The quantitative estimate of drug-likeness (QED) is 0.770. The summed E-state index contributed by atoms with van der Waals surface area (Å²) in [7, 11) is 0. The standard InChI is InChI=1S/C21H21N3O/c25-21(16-7-3-1-4-8-16)23-19-9-10-20(24-13-5-2-6-14-24)17-11-12-22-15-18(17)19/h1,3-4,7-12,15H,2,5-6,13-14H2,(H,23,25). The number of carbonyl (C=O) groups is 1. The zero-order valence-corrected chi connectivity index (χ0v) is 14.1. The van der Waals surface area contributed by atoms with Gasteiger partial charge >= 0.3 is 0 Å². The number of pyridine rings is 1. The molecule has 1 saturated heterocycles. The molecule has 2 heterocycles. The molecule has 4 rings (SSSR count). The van der Waals surface area contributed by atoms with Crippen LogP contribution in [0.25, 0.3) is 10.8 Å². The van der Waals surface area contributed by atoms with E-state index in [1.54, 1.807) is 0 Å². The molecule has 0 aliphatic carbocycles. The monoisotopic (exact) mass is 331 g/mol. The van der Waals surface area contributed by atoms with Gasteiger partial charge in [-0.25, -0.2) is 0 Å². The highest BCUT2D eigenvalue weighted by Gasteiger charge is 2.16. The number of nitrogens with zero attached hydrogens (tertiary/aromatic N) is 2. The summed E-state index contributed by atoms with van der Waals surface area (Å²) in [5.74, 6) is -0.100. The van der Waals surface area contributed by atoms with Gasteiger partial charge in [-0.05, 0) is 49.6 Å². The number of anilines is 2. The molecule has 1 aliphatic heterocycles. The van der Waals surface area contributed by atoms with Crippen LogP contribution in [0.1, 0.15) is 29.6 Å². The van der Waals surface area contributed by atoms with Crippen LogP contribution in [0.4, 0.5) is 11.4 Å². The van der Waals surface area contributed by atoms with Crippen LogP contribution in [0.5, 0.6) is 0 Å². The van der Waals surface area contributed by atoms with Crippen molar-refractivity contribution >= 4 is 28.1 Å². The summed E-state index contributed by atoms with van der Waals surface area (Å²) in [6, 6.07) is 15.4. The predicted octanol–water partition coefficient (Wildman–Crippen LogP) is 4.48. The van der Waals surface area contributed by atoms with Crippen LogP contribution in [0.3, 0.4) is 0 Å². The third kappa shape index (κ3) is 3.20. The number of piperidine rings is 1. The van der Waals surface area contributed by atoms with Crippen LogP contribution in [-0.2, 0) is 0 Å². The molecule has 1 N–H and O–H groups in total. The lowest BCUT2D eigenvalue weighted by atomic mass is 10.0. The maximum atomic E-state index is 12.5. The van der Waals surface area contributed by atoms with E-state index in [-0.39, 0.29) is 5.91 Å². The SMILES string of the molecule is O=C(Nc1ccc(N2CCCCC2)c2ccncc12)c1ccccc1. The number of fused-ring (bicyclic) bond motifs is 1. The number of hydrogen-bond donors (Lipinski definition) is 1. The van der Waals surface area contributed by atoms with Gasteiger partial charge in [-0.1, -0.05) is 18.2 Å². The second-order valence-corrected chi connectivity index (χ2v) is 6.42. The number of aromatic nitrogens is 1. The van der Waals surface area contributed by atoms with Gasteiger partial charge in [0.15, 0.2) is 0 Å². The lowest BCUT2D eigenvalue weighted by Crippen LogP contribution is -2.29. The molecular formula is C21H21N3O. The molecule has 25 heavy (non-hydrogen) atoms. The molecule has 4 heteroatoms. The summed E-state index contributed by atoms with van der Waals surface area (Å²) in [5.41, 5.74) is 2.69. The molecule has 126 valence electrons. The van der Waals surface area contributed by atoms with E-state index in [0.717, 1.165) is 29.5 Å². The summed E-state index contributed by atoms with van der Waals surface area (Å²) in [5, 5.41) is 5.16. The van der Waals surface area contributed by atoms with Crippen LogP contribution in [-0.4, -0.2) is 24.0 Å². The highest BCUT2D eigenvalue weighted by Crippen LogP contribution is 2.33. The minimum absolute atomic E-state index is 0.100. The van der Waals surface area contributed by atoms with Crippen LogP contribution in [0, 0.1) is 0 Å². The van der Waals surface area contributed by atoms with Gasteiger partial charge in [0.25, 0.3) is 5.91 Å². The van der Waals surface area contributed by atoms with E-state index in [9.17, 15) is 4.79 Å². The largest absolute Gasteiger partial charge is 0.371 e. The fourth-order valence-electron chi connectivity index (χ4n) is 3.48. The van der Waals surface area contributed by atoms with E-state index in [1.165, 1.54) is 24.9 Å². The predicted molar refractivity (Wildman–Crippen MR) is 102 cm³/mol. The normalized spacial score (nSPS) is 14.5. The lowest BCUT2D eigenvalue weighted by Gasteiger charge is -2.30. The van der Waals surface area contributed by atoms with Crippen LogP contribution < -0.4 is 10.2 Å². The van der Waals surface area contributed by atoms with Crippen LogP contribution >= 0.6 is 0 Å². The molecule has 1 amide bonds. The zero-order chi connectivity index (χ0) is 17.1. The van der Waals surface area contributed by atoms with Crippen molar-refractivity contribution in [2.24, 2.45) is 0 Å². The molecule has 1 aromatic heterocycles. The topological polar surface area (TPSA) is 45.2 Å². The van der Waals surface area contributed by atoms with Crippen molar-refractivity contribution in [3.05, 3.63) is 66.5 Å². The summed E-state index contributed by atoms with van der Waals surface area (Å²) in [6.07, 6.45) is 7.43. The first-order chi connectivity index (χ1) is 12.3. The van der Waals surface area contributed by atoms with E-state index >= 15 is 0 Å². The number of nitrogens with one attached hydrogen (secondary N) is 1. The van der Waals surface area contributed by atoms with Crippen molar-refractivity contribution in [1.29, 1.82) is 0 Å². The zero-order valence-electron chi connectivity index (χ0n) is 14.1. The maximum absolute atomic E-state index is 12.5. The Kier molecular flexibility index (Phi) is 4.34. The minimum Gasteiger partial charge on any atom is -0.371 e. The van der Waals surface area contributed by atoms with Gasteiger partial charge in [0.1, 0.15) is 0 Å². The third-order valence-corrected chi connectivity index (χ3v) is 4.78. The van der Waals surface area contributed by atoms with Crippen molar-refractivity contribution in [1.82, 2.24) is 4.98 Å². The fraction of sp³-hybridized carbons (Fsp3) is 0.238. The Balaban J connectivity index is 1.70. The van der Waals surface area contributed by atoms with Gasteiger partial charge in [0, 0.05) is 47.5 Å². The van der Waals surface area contributed by atoms with Crippen molar-refractivity contribution in [2.45, 2.75) is 19.3 Å². The number of hydrogen-bond acceptors (Lipinski definition) is 3. The first-order valence-corrected chi connectivity index (χ1v) is 8.81.